The van der Waals surface area contributed by atoms with E-state index >= 15 is 0 Å². The van der Waals surface area contributed by atoms with Crippen LogP contribution in [0.15, 0.2) is 28.7 Å². The molecule has 1 unspecified atom stereocenters. The van der Waals surface area contributed by atoms with Gasteiger partial charge in [-0.15, -0.1) is 0 Å². The highest BCUT2D eigenvalue weighted by Crippen LogP contribution is 2.33. The Morgan fingerprint density at radius 1 is 1.55 bits per heavy atom. The molecule has 1 aliphatic rings. The molecule has 0 aliphatic carbocycles. The average Bonchev–Trinajstić information content (AvgIpc) is 2.93. The standard InChI is InChI=1S/C16H23BrN2O/c1-2-3-8-14(18)16(20)19-10-5-9-15(19)12-6-4-7-13(17)11-12/h4,6-7,11,14-15H,2-3,5,8-10,18H2,1H3/t14-,15?/m0/s1. The SMILES string of the molecule is CCCC[C@H](N)C(=O)N1CCCC1c1cccc(Br)c1. The van der Waals surface area contributed by atoms with Crippen molar-refractivity contribution in [3.05, 3.63) is 34.3 Å². The van der Waals surface area contributed by atoms with Gasteiger partial charge in [0.15, 0.2) is 0 Å². The average molecular weight is 339 g/mol. The van der Waals surface area contributed by atoms with Gasteiger partial charge in [0.25, 0.3) is 0 Å². The van der Waals surface area contributed by atoms with Gasteiger partial charge in [-0.3, -0.25) is 4.79 Å². The maximum Gasteiger partial charge on any atom is 0.239 e. The molecule has 110 valence electrons. The minimum atomic E-state index is -0.345. The van der Waals surface area contributed by atoms with Crippen molar-refractivity contribution < 1.29 is 4.79 Å². The monoisotopic (exact) mass is 338 g/mol. The summed E-state index contributed by atoms with van der Waals surface area (Å²) in [5, 5.41) is 0. The molecule has 0 aromatic heterocycles. The molecule has 1 amide bonds. The van der Waals surface area contributed by atoms with Gasteiger partial charge < -0.3 is 10.6 Å². The second-order valence-electron chi connectivity index (χ2n) is 5.49. The second-order valence-corrected chi connectivity index (χ2v) is 6.41. The lowest BCUT2D eigenvalue weighted by atomic mass is 10.0. The van der Waals surface area contributed by atoms with E-state index in [1.165, 1.54) is 5.56 Å². The van der Waals surface area contributed by atoms with E-state index in [4.69, 9.17) is 5.73 Å². The minimum absolute atomic E-state index is 0.112. The highest BCUT2D eigenvalue weighted by molar-refractivity contribution is 9.10. The number of amides is 1. The summed E-state index contributed by atoms with van der Waals surface area (Å²) in [6.45, 7) is 2.95. The smallest absolute Gasteiger partial charge is 0.239 e. The van der Waals surface area contributed by atoms with Crippen LogP contribution in [-0.2, 0) is 4.79 Å². The predicted octanol–water partition coefficient (Wildman–Crippen LogP) is 3.63. The lowest BCUT2D eigenvalue weighted by Crippen LogP contribution is -2.43. The van der Waals surface area contributed by atoms with Crippen molar-refractivity contribution in [2.75, 3.05) is 6.54 Å². The van der Waals surface area contributed by atoms with E-state index in [0.29, 0.717) is 0 Å². The van der Waals surface area contributed by atoms with Crippen LogP contribution in [0, 0.1) is 0 Å². The summed E-state index contributed by atoms with van der Waals surface area (Å²) in [6.07, 6.45) is 4.97. The molecule has 1 saturated heterocycles. The van der Waals surface area contributed by atoms with E-state index in [0.717, 1.165) is 43.1 Å². The topological polar surface area (TPSA) is 46.3 Å². The Balaban J connectivity index is 2.09. The van der Waals surface area contributed by atoms with Crippen LogP contribution in [0.4, 0.5) is 0 Å². The van der Waals surface area contributed by atoms with E-state index in [9.17, 15) is 4.79 Å². The van der Waals surface area contributed by atoms with Crippen LogP contribution >= 0.6 is 15.9 Å². The fourth-order valence-corrected chi connectivity index (χ4v) is 3.27. The summed E-state index contributed by atoms with van der Waals surface area (Å²) < 4.78 is 1.06. The number of nitrogens with two attached hydrogens (primary N) is 1. The highest BCUT2D eigenvalue weighted by atomic mass is 79.9. The molecule has 0 radical (unpaired) electrons. The number of halogens is 1. The van der Waals surface area contributed by atoms with Crippen LogP contribution in [0.1, 0.15) is 50.6 Å². The molecular weight excluding hydrogens is 316 g/mol. The predicted molar refractivity (Wildman–Crippen MR) is 85.3 cm³/mol. The zero-order valence-corrected chi connectivity index (χ0v) is 13.6. The number of rotatable bonds is 5. The van der Waals surface area contributed by atoms with Crippen LogP contribution in [0.2, 0.25) is 0 Å². The molecule has 0 spiro atoms. The summed E-state index contributed by atoms with van der Waals surface area (Å²) in [6, 6.07) is 8.08. The minimum Gasteiger partial charge on any atom is -0.334 e. The Kier molecular flexibility index (Phi) is 5.61. The van der Waals surface area contributed by atoms with E-state index < -0.39 is 0 Å². The Labute approximate surface area is 129 Å². The molecule has 2 atom stereocenters. The van der Waals surface area contributed by atoms with Crippen molar-refractivity contribution in [3.8, 4) is 0 Å². The number of benzene rings is 1. The largest absolute Gasteiger partial charge is 0.334 e. The number of hydrogen-bond donors (Lipinski definition) is 1. The molecule has 20 heavy (non-hydrogen) atoms. The number of carbonyl (C=O) groups excluding carboxylic acids is 1. The summed E-state index contributed by atoms with van der Waals surface area (Å²) in [7, 11) is 0. The third-order valence-electron chi connectivity index (χ3n) is 3.96. The molecule has 1 heterocycles. The van der Waals surface area contributed by atoms with Gasteiger partial charge in [-0.2, -0.15) is 0 Å². The van der Waals surface area contributed by atoms with Crippen molar-refractivity contribution in [1.29, 1.82) is 0 Å². The van der Waals surface area contributed by atoms with Gasteiger partial charge in [0.05, 0.1) is 12.1 Å². The first-order chi connectivity index (χ1) is 9.63. The molecule has 1 aromatic rings. The molecule has 1 aromatic carbocycles. The Morgan fingerprint density at radius 3 is 3.05 bits per heavy atom. The third kappa shape index (κ3) is 3.61. The molecule has 2 N–H and O–H groups in total. The van der Waals surface area contributed by atoms with Gasteiger partial charge in [0.1, 0.15) is 0 Å². The first kappa shape index (κ1) is 15.5. The molecule has 1 fully saturated rings. The number of hydrogen-bond acceptors (Lipinski definition) is 2. The van der Waals surface area contributed by atoms with Crippen LogP contribution in [0.5, 0.6) is 0 Å². The van der Waals surface area contributed by atoms with Crippen molar-refractivity contribution in [1.82, 2.24) is 4.90 Å². The maximum absolute atomic E-state index is 12.5. The zero-order chi connectivity index (χ0) is 14.5. The molecule has 0 bridgehead atoms. The van der Waals surface area contributed by atoms with Crippen molar-refractivity contribution in [2.45, 2.75) is 51.1 Å². The summed E-state index contributed by atoms with van der Waals surface area (Å²) in [4.78, 5) is 14.5. The van der Waals surface area contributed by atoms with Gasteiger partial charge in [0.2, 0.25) is 5.91 Å². The van der Waals surface area contributed by atoms with E-state index in [-0.39, 0.29) is 18.0 Å². The first-order valence-corrected chi connectivity index (χ1v) is 8.24. The molecule has 2 rings (SSSR count). The quantitative estimate of drug-likeness (QED) is 0.890. The molecule has 0 saturated carbocycles. The van der Waals surface area contributed by atoms with Gasteiger partial charge in [-0.25, -0.2) is 0 Å². The van der Waals surface area contributed by atoms with Gasteiger partial charge in [-0.1, -0.05) is 47.8 Å². The number of unbranched alkanes of at least 4 members (excludes halogenated alkanes) is 1. The number of likely N-dealkylation sites (tertiary alicyclic amines) is 1. The van der Waals surface area contributed by atoms with Crippen molar-refractivity contribution in [3.63, 3.8) is 0 Å². The normalized spacial score (nSPS) is 20.1. The molecular formula is C16H23BrN2O. The van der Waals surface area contributed by atoms with Crippen LogP contribution in [0.25, 0.3) is 0 Å². The lowest BCUT2D eigenvalue weighted by Gasteiger charge is -2.28. The Hall–Kier alpha value is -0.870. The zero-order valence-electron chi connectivity index (χ0n) is 12.0. The van der Waals surface area contributed by atoms with Gasteiger partial charge in [0, 0.05) is 11.0 Å². The summed E-state index contributed by atoms with van der Waals surface area (Å²) in [5.41, 5.74) is 7.25. The fourth-order valence-electron chi connectivity index (χ4n) is 2.85. The Morgan fingerprint density at radius 2 is 2.35 bits per heavy atom. The highest BCUT2D eigenvalue weighted by Gasteiger charge is 2.32. The maximum atomic E-state index is 12.5. The van der Waals surface area contributed by atoms with Gasteiger partial charge in [-0.05, 0) is 37.0 Å². The van der Waals surface area contributed by atoms with E-state index in [1.54, 1.807) is 0 Å². The van der Waals surface area contributed by atoms with Gasteiger partial charge >= 0.3 is 0 Å². The van der Waals surface area contributed by atoms with Crippen molar-refractivity contribution in [2.24, 2.45) is 5.73 Å². The van der Waals surface area contributed by atoms with E-state index in [2.05, 4.69) is 35.0 Å². The number of carbonyl (C=O) groups is 1. The molecule has 4 heteroatoms. The summed E-state index contributed by atoms with van der Waals surface area (Å²) >= 11 is 3.50. The van der Waals surface area contributed by atoms with E-state index in [1.807, 2.05) is 17.0 Å². The second kappa shape index (κ2) is 7.23. The van der Waals surface area contributed by atoms with Crippen LogP contribution in [0.3, 0.4) is 0 Å². The first-order valence-electron chi connectivity index (χ1n) is 7.45. The fraction of sp³-hybridized carbons (Fsp3) is 0.562. The summed E-state index contributed by atoms with van der Waals surface area (Å²) in [5.74, 6) is 0.112. The third-order valence-corrected chi connectivity index (χ3v) is 4.45. The molecule has 3 nitrogen and oxygen atoms in total. The van der Waals surface area contributed by atoms with Crippen LogP contribution in [-0.4, -0.2) is 23.4 Å². The lowest BCUT2D eigenvalue weighted by molar-refractivity contribution is -0.133. The molecule has 1 aliphatic heterocycles. The van der Waals surface area contributed by atoms with Crippen LogP contribution < -0.4 is 5.73 Å². The number of nitrogens with zero attached hydrogens (tertiary/aromatic N) is 1. The Bertz CT molecular complexity index is 464. The van der Waals surface area contributed by atoms with Crippen molar-refractivity contribution >= 4 is 21.8 Å².